The zero-order valence-electron chi connectivity index (χ0n) is 11.2. The van der Waals surface area contributed by atoms with Gasteiger partial charge in [-0.3, -0.25) is 0 Å². The maximum absolute atomic E-state index is 3.68. The Labute approximate surface area is 121 Å². The van der Waals surface area contributed by atoms with Gasteiger partial charge in [0.1, 0.15) is 0 Å². The van der Waals surface area contributed by atoms with Crippen LogP contribution < -0.4 is 5.32 Å². The third kappa shape index (κ3) is 2.68. The molecule has 0 amide bonds. The van der Waals surface area contributed by atoms with Crippen LogP contribution in [0.15, 0.2) is 28.7 Å². The summed E-state index contributed by atoms with van der Waals surface area (Å²) >= 11 is 5.54. The first kappa shape index (κ1) is 13.8. The first-order chi connectivity index (χ1) is 8.52. The number of rotatable bonds is 3. The van der Waals surface area contributed by atoms with Gasteiger partial charge in [-0.05, 0) is 56.6 Å². The molecule has 0 aliphatic rings. The first-order valence-corrected chi connectivity index (χ1v) is 7.64. The molecule has 1 atom stereocenters. The number of aryl methyl sites for hydroxylation is 3. The summed E-state index contributed by atoms with van der Waals surface area (Å²) in [5, 5.41) is 3.43. The van der Waals surface area contributed by atoms with E-state index in [2.05, 4.69) is 66.3 Å². The standard InChI is InChI=1S/C15H18BrNS/c1-9-5-6-12(14(16)7-9)15(17-4)13-8-10(2)18-11(13)3/h5-8,15,17H,1-4H3. The summed E-state index contributed by atoms with van der Waals surface area (Å²) < 4.78 is 1.17. The van der Waals surface area contributed by atoms with E-state index in [1.807, 2.05) is 18.4 Å². The van der Waals surface area contributed by atoms with Crippen LogP contribution in [0, 0.1) is 20.8 Å². The Balaban J connectivity index is 2.48. The fraction of sp³-hybridized carbons (Fsp3) is 0.333. The second kappa shape index (κ2) is 5.55. The molecule has 0 bridgehead atoms. The highest BCUT2D eigenvalue weighted by molar-refractivity contribution is 9.10. The van der Waals surface area contributed by atoms with Crippen LogP contribution in [0.5, 0.6) is 0 Å². The van der Waals surface area contributed by atoms with Crippen molar-refractivity contribution in [3.05, 3.63) is 55.2 Å². The molecule has 0 aliphatic carbocycles. The summed E-state index contributed by atoms with van der Waals surface area (Å²) in [7, 11) is 2.02. The van der Waals surface area contributed by atoms with Crippen LogP contribution in [0.1, 0.15) is 32.5 Å². The van der Waals surface area contributed by atoms with Crippen molar-refractivity contribution in [1.29, 1.82) is 0 Å². The van der Waals surface area contributed by atoms with Gasteiger partial charge < -0.3 is 5.32 Å². The topological polar surface area (TPSA) is 12.0 Å². The number of nitrogens with one attached hydrogen (secondary N) is 1. The smallest absolute Gasteiger partial charge is 0.0596 e. The van der Waals surface area contributed by atoms with E-state index >= 15 is 0 Å². The Bertz CT molecular complexity index is 560. The summed E-state index contributed by atoms with van der Waals surface area (Å²) in [4.78, 5) is 2.75. The van der Waals surface area contributed by atoms with E-state index in [9.17, 15) is 0 Å². The fourth-order valence-corrected chi connectivity index (χ4v) is 3.97. The molecule has 1 heterocycles. The van der Waals surface area contributed by atoms with E-state index < -0.39 is 0 Å². The van der Waals surface area contributed by atoms with Crippen molar-refractivity contribution in [2.24, 2.45) is 0 Å². The molecular weight excluding hydrogens is 306 g/mol. The van der Waals surface area contributed by atoms with Gasteiger partial charge in [0.15, 0.2) is 0 Å². The second-order valence-electron chi connectivity index (χ2n) is 4.62. The van der Waals surface area contributed by atoms with Crippen molar-refractivity contribution in [3.8, 4) is 0 Å². The maximum atomic E-state index is 3.68. The van der Waals surface area contributed by atoms with Gasteiger partial charge in [0.25, 0.3) is 0 Å². The number of halogens is 1. The van der Waals surface area contributed by atoms with Crippen molar-refractivity contribution in [3.63, 3.8) is 0 Å². The average Bonchev–Trinajstić information content (AvgIpc) is 2.62. The molecule has 0 saturated heterocycles. The van der Waals surface area contributed by atoms with Crippen molar-refractivity contribution >= 4 is 27.3 Å². The van der Waals surface area contributed by atoms with E-state index in [4.69, 9.17) is 0 Å². The Morgan fingerprint density at radius 3 is 2.33 bits per heavy atom. The Hall–Kier alpha value is -0.640. The molecule has 1 unspecified atom stereocenters. The zero-order chi connectivity index (χ0) is 13.3. The van der Waals surface area contributed by atoms with Crippen LogP contribution in [0.4, 0.5) is 0 Å². The zero-order valence-corrected chi connectivity index (χ0v) is 13.6. The molecule has 0 saturated carbocycles. The number of hydrogen-bond acceptors (Lipinski definition) is 2. The highest BCUT2D eigenvalue weighted by Gasteiger charge is 2.18. The molecule has 3 heteroatoms. The molecule has 1 aromatic carbocycles. The molecular formula is C15H18BrNS. The molecule has 96 valence electrons. The minimum Gasteiger partial charge on any atom is -0.309 e. The summed E-state index contributed by atoms with van der Waals surface area (Å²) in [6.45, 7) is 6.47. The molecule has 1 aromatic heterocycles. The summed E-state index contributed by atoms with van der Waals surface area (Å²) in [6.07, 6.45) is 0. The first-order valence-electron chi connectivity index (χ1n) is 6.03. The van der Waals surface area contributed by atoms with Gasteiger partial charge in [-0.15, -0.1) is 11.3 Å². The lowest BCUT2D eigenvalue weighted by molar-refractivity contribution is 0.687. The number of hydrogen-bond donors (Lipinski definition) is 1. The van der Waals surface area contributed by atoms with E-state index in [1.165, 1.54) is 30.9 Å². The lowest BCUT2D eigenvalue weighted by Gasteiger charge is -2.19. The van der Waals surface area contributed by atoms with Crippen molar-refractivity contribution < 1.29 is 0 Å². The van der Waals surface area contributed by atoms with Crippen molar-refractivity contribution in [1.82, 2.24) is 5.32 Å². The SMILES string of the molecule is CNC(c1ccc(C)cc1Br)c1cc(C)sc1C. The Morgan fingerprint density at radius 1 is 1.11 bits per heavy atom. The van der Waals surface area contributed by atoms with Gasteiger partial charge in [0, 0.05) is 14.2 Å². The lowest BCUT2D eigenvalue weighted by Crippen LogP contribution is -2.18. The third-order valence-electron chi connectivity index (χ3n) is 3.15. The molecule has 0 spiro atoms. The molecule has 1 nitrogen and oxygen atoms in total. The van der Waals surface area contributed by atoms with E-state index in [0.717, 1.165) is 0 Å². The van der Waals surface area contributed by atoms with Gasteiger partial charge in [0.05, 0.1) is 6.04 Å². The Morgan fingerprint density at radius 2 is 1.83 bits per heavy atom. The van der Waals surface area contributed by atoms with Gasteiger partial charge in [-0.1, -0.05) is 28.1 Å². The van der Waals surface area contributed by atoms with Crippen LogP contribution in [0.25, 0.3) is 0 Å². The van der Waals surface area contributed by atoms with Crippen molar-refractivity contribution in [2.75, 3.05) is 7.05 Å². The fourth-order valence-electron chi connectivity index (χ4n) is 2.28. The molecule has 0 radical (unpaired) electrons. The largest absolute Gasteiger partial charge is 0.309 e. The molecule has 1 N–H and O–H groups in total. The monoisotopic (exact) mass is 323 g/mol. The summed E-state index contributed by atoms with van der Waals surface area (Å²) in [5.41, 5.74) is 3.95. The van der Waals surface area contributed by atoms with Crippen LogP contribution >= 0.6 is 27.3 Å². The van der Waals surface area contributed by atoms with E-state index in [-0.39, 0.29) is 6.04 Å². The quantitative estimate of drug-likeness (QED) is 0.859. The molecule has 0 aliphatic heterocycles. The predicted molar refractivity (Wildman–Crippen MR) is 83.6 cm³/mol. The normalized spacial score (nSPS) is 12.7. The second-order valence-corrected chi connectivity index (χ2v) is 6.93. The van der Waals surface area contributed by atoms with Gasteiger partial charge in [-0.2, -0.15) is 0 Å². The van der Waals surface area contributed by atoms with Gasteiger partial charge in [0.2, 0.25) is 0 Å². The molecule has 2 rings (SSSR count). The van der Waals surface area contributed by atoms with Crippen LogP contribution in [0.2, 0.25) is 0 Å². The summed E-state index contributed by atoms with van der Waals surface area (Å²) in [6, 6.07) is 9.08. The van der Waals surface area contributed by atoms with Crippen molar-refractivity contribution in [2.45, 2.75) is 26.8 Å². The third-order valence-corrected chi connectivity index (χ3v) is 4.81. The maximum Gasteiger partial charge on any atom is 0.0596 e. The van der Waals surface area contributed by atoms with Gasteiger partial charge >= 0.3 is 0 Å². The number of benzene rings is 1. The highest BCUT2D eigenvalue weighted by atomic mass is 79.9. The Kier molecular flexibility index (Phi) is 4.25. The lowest BCUT2D eigenvalue weighted by atomic mass is 9.98. The number of thiophene rings is 1. The molecule has 18 heavy (non-hydrogen) atoms. The van der Waals surface area contributed by atoms with Crippen LogP contribution in [-0.4, -0.2) is 7.05 Å². The minimum atomic E-state index is 0.255. The summed E-state index contributed by atoms with van der Waals surface area (Å²) in [5.74, 6) is 0. The highest BCUT2D eigenvalue weighted by Crippen LogP contribution is 2.34. The molecule has 0 fully saturated rings. The molecule has 2 aromatic rings. The van der Waals surface area contributed by atoms with Gasteiger partial charge in [-0.25, -0.2) is 0 Å². The van der Waals surface area contributed by atoms with Crippen LogP contribution in [-0.2, 0) is 0 Å². The van der Waals surface area contributed by atoms with E-state index in [1.54, 1.807) is 0 Å². The predicted octanol–water partition coefficient (Wildman–Crippen LogP) is 4.74. The average molecular weight is 324 g/mol. The van der Waals surface area contributed by atoms with Crippen LogP contribution in [0.3, 0.4) is 0 Å². The minimum absolute atomic E-state index is 0.255. The van der Waals surface area contributed by atoms with E-state index in [0.29, 0.717) is 0 Å².